The molecule has 0 aromatic heterocycles. The molecule has 1 saturated heterocycles. The van der Waals surface area contributed by atoms with E-state index in [1.54, 1.807) is 0 Å². The Morgan fingerprint density at radius 3 is 2.54 bits per heavy atom. The van der Waals surface area contributed by atoms with Gasteiger partial charge in [-0.3, -0.25) is 0 Å². The lowest BCUT2D eigenvalue weighted by atomic mass is 10.2. The Morgan fingerprint density at radius 1 is 1.54 bits per heavy atom. The van der Waals surface area contributed by atoms with Crippen LogP contribution in [0.25, 0.3) is 0 Å². The highest BCUT2D eigenvalue weighted by Crippen LogP contribution is 2.09. The minimum absolute atomic E-state index is 0. The number of nitrogens with zero attached hydrogens (tertiary/aromatic N) is 2. The molecule has 1 aliphatic rings. The number of quaternary nitrogens is 1. The first kappa shape index (κ1) is 12.9. The molecule has 0 saturated carbocycles. The number of rotatable bonds is 2. The molecule has 0 atom stereocenters. The van der Waals surface area contributed by atoms with Gasteiger partial charge in [-0.1, -0.05) is 6.58 Å². The van der Waals surface area contributed by atoms with Crippen molar-refractivity contribution in [2.24, 2.45) is 0 Å². The van der Waals surface area contributed by atoms with Crippen LogP contribution in [0.2, 0.25) is 0 Å². The van der Waals surface area contributed by atoms with Crippen molar-refractivity contribution >= 4 is 0 Å². The Morgan fingerprint density at radius 2 is 2.08 bits per heavy atom. The Hall–Kier alpha value is -0.120. The number of ether oxygens (including phenoxy) is 1. The van der Waals surface area contributed by atoms with E-state index < -0.39 is 0 Å². The van der Waals surface area contributed by atoms with Crippen molar-refractivity contribution in [1.82, 2.24) is 0 Å². The molecule has 74 valence electrons. The molecule has 1 fully saturated rings. The quantitative estimate of drug-likeness (QED) is 0.322. The highest BCUT2D eigenvalue weighted by atomic mass is 127. The third kappa shape index (κ3) is 4.07. The van der Waals surface area contributed by atoms with Crippen LogP contribution in [-0.2, 0) is 4.74 Å². The predicted octanol–water partition coefficient (Wildman–Crippen LogP) is -2.45. The number of hydrogen-bond acceptors (Lipinski definition) is 2. The van der Waals surface area contributed by atoms with Gasteiger partial charge in [0.1, 0.15) is 19.6 Å². The Kier molecular flexibility index (Phi) is 5.53. The summed E-state index contributed by atoms with van der Waals surface area (Å²) < 4.78 is 6.15. The maximum Gasteiger partial charge on any atom is 0.114 e. The summed E-state index contributed by atoms with van der Waals surface area (Å²) in [6, 6.07) is 2.09. The van der Waals surface area contributed by atoms with E-state index in [0.717, 1.165) is 37.3 Å². The van der Waals surface area contributed by atoms with Crippen LogP contribution in [0.4, 0.5) is 0 Å². The molecule has 0 aliphatic carbocycles. The van der Waals surface area contributed by atoms with Crippen LogP contribution in [0.15, 0.2) is 12.2 Å². The first-order valence-corrected chi connectivity index (χ1v) is 4.15. The standard InChI is InChI=1S/C9H15N2O.HI/c1-9(7-10)8-11(2)3-5-12-6-4-11;/h1,3-6,8H2,2H3;1H/q+1;/p-1. The summed E-state index contributed by atoms with van der Waals surface area (Å²) in [7, 11) is 2.14. The summed E-state index contributed by atoms with van der Waals surface area (Å²) in [5.74, 6) is 0. The summed E-state index contributed by atoms with van der Waals surface area (Å²) in [5.41, 5.74) is 0.666. The minimum Gasteiger partial charge on any atom is -1.00 e. The highest BCUT2D eigenvalue weighted by molar-refractivity contribution is 5.15. The van der Waals surface area contributed by atoms with Gasteiger partial charge in [0.05, 0.1) is 31.9 Å². The zero-order valence-corrected chi connectivity index (χ0v) is 10.1. The van der Waals surface area contributed by atoms with Crippen molar-refractivity contribution in [3.63, 3.8) is 0 Å². The van der Waals surface area contributed by atoms with Gasteiger partial charge in [-0.15, -0.1) is 0 Å². The number of hydrogen-bond donors (Lipinski definition) is 0. The topological polar surface area (TPSA) is 33.0 Å². The third-order valence-electron chi connectivity index (χ3n) is 2.28. The van der Waals surface area contributed by atoms with Crippen LogP contribution < -0.4 is 24.0 Å². The fraction of sp³-hybridized carbons (Fsp3) is 0.667. The Balaban J connectivity index is 0.00000144. The average molecular weight is 294 g/mol. The van der Waals surface area contributed by atoms with Crippen LogP contribution >= 0.6 is 0 Å². The number of halogens is 1. The molecule has 0 bridgehead atoms. The van der Waals surface area contributed by atoms with Crippen LogP contribution in [0, 0.1) is 11.3 Å². The lowest BCUT2D eigenvalue weighted by Crippen LogP contribution is -3.00. The van der Waals surface area contributed by atoms with Gasteiger partial charge in [-0.05, 0) is 0 Å². The Labute approximate surface area is 96.6 Å². The molecular weight excluding hydrogens is 279 g/mol. The molecule has 0 unspecified atom stereocenters. The van der Waals surface area contributed by atoms with E-state index in [4.69, 9.17) is 10.00 Å². The van der Waals surface area contributed by atoms with Crippen molar-refractivity contribution in [2.45, 2.75) is 0 Å². The van der Waals surface area contributed by atoms with Crippen LogP contribution in [0.5, 0.6) is 0 Å². The van der Waals surface area contributed by atoms with E-state index >= 15 is 0 Å². The zero-order valence-electron chi connectivity index (χ0n) is 7.92. The third-order valence-corrected chi connectivity index (χ3v) is 2.28. The molecule has 0 aromatic rings. The van der Waals surface area contributed by atoms with Gasteiger partial charge in [0.25, 0.3) is 0 Å². The van der Waals surface area contributed by atoms with Gasteiger partial charge in [-0.2, -0.15) is 5.26 Å². The smallest absolute Gasteiger partial charge is 0.114 e. The summed E-state index contributed by atoms with van der Waals surface area (Å²) in [5, 5.41) is 8.59. The van der Waals surface area contributed by atoms with Crippen molar-refractivity contribution < 1.29 is 33.2 Å². The summed E-state index contributed by atoms with van der Waals surface area (Å²) >= 11 is 0. The number of likely N-dealkylation sites (N-methyl/N-ethyl adjacent to an activating group) is 1. The molecule has 0 spiro atoms. The Bertz CT molecular complexity index is 216. The van der Waals surface area contributed by atoms with E-state index in [2.05, 4.69) is 19.7 Å². The predicted molar refractivity (Wildman–Crippen MR) is 46.4 cm³/mol. The first-order valence-electron chi connectivity index (χ1n) is 4.15. The van der Waals surface area contributed by atoms with Crippen molar-refractivity contribution in [3.05, 3.63) is 12.2 Å². The number of morpholine rings is 1. The SMILES string of the molecule is C=C(C#N)C[N+]1(C)CCOCC1.[I-]. The second-order valence-electron chi connectivity index (χ2n) is 3.55. The fourth-order valence-electron chi connectivity index (χ4n) is 1.44. The molecule has 1 heterocycles. The second kappa shape index (κ2) is 5.58. The zero-order chi connectivity index (χ0) is 9.03. The van der Waals surface area contributed by atoms with E-state index in [0.29, 0.717) is 5.57 Å². The maximum absolute atomic E-state index is 8.59. The summed E-state index contributed by atoms with van der Waals surface area (Å²) in [6.07, 6.45) is 0. The fourth-order valence-corrected chi connectivity index (χ4v) is 1.44. The average Bonchev–Trinajstić information content (AvgIpc) is 2.05. The normalized spacial score (nSPS) is 19.7. The molecule has 4 heteroatoms. The van der Waals surface area contributed by atoms with Gasteiger partial charge in [-0.25, -0.2) is 0 Å². The van der Waals surface area contributed by atoms with Gasteiger partial charge < -0.3 is 33.2 Å². The van der Waals surface area contributed by atoms with Crippen molar-refractivity contribution in [1.29, 1.82) is 5.26 Å². The van der Waals surface area contributed by atoms with E-state index in [1.165, 1.54) is 0 Å². The summed E-state index contributed by atoms with van der Waals surface area (Å²) in [4.78, 5) is 0. The van der Waals surface area contributed by atoms with Crippen molar-refractivity contribution in [3.8, 4) is 6.07 Å². The van der Waals surface area contributed by atoms with Crippen molar-refractivity contribution in [2.75, 3.05) is 39.9 Å². The van der Waals surface area contributed by atoms with E-state index in [-0.39, 0.29) is 24.0 Å². The molecule has 0 N–H and O–H groups in total. The molecule has 1 rings (SSSR count). The highest BCUT2D eigenvalue weighted by Gasteiger charge is 2.25. The molecule has 3 nitrogen and oxygen atoms in total. The minimum atomic E-state index is 0. The maximum atomic E-state index is 8.59. The van der Waals surface area contributed by atoms with Gasteiger partial charge in [0.15, 0.2) is 0 Å². The van der Waals surface area contributed by atoms with E-state index in [9.17, 15) is 0 Å². The van der Waals surface area contributed by atoms with Gasteiger partial charge >= 0.3 is 0 Å². The van der Waals surface area contributed by atoms with Gasteiger partial charge in [0, 0.05) is 0 Å². The van der Waals surface area contributed by atoms with Crippen LogP contribution in [0.3, 0.4) is 0 Å². The molecule has 0 aromatic carbocycles. The molecule has 13 heavy (non-hydrogen) atoms. The summed E-state index contributed by atoms with van der Waals surface area (Å²) in [6.45, 7) is 8.03. The largest absolute Gasteiger partial charge is 1.00 e. The molecule has 0 amide bonds. The van der Waals surface area contributed by atoms with Gasteiger partial charge in [0.2, 0.25) is 0 Å². The number of nitriles is 1. The van der Waals surface area contributed by atoms with Crippen LogP contribution in [-0.4, -0.2) is 44.4 Å². The van der Waals surface area contributed by atoms with E-state index in [1.807, 2.05) is 0 Å². The first-order chi connectivity index (χ1) is 5.66. The monoisotopic (exact) mass is 294 g/mol. The lowest BCUT2D eigenvalue weighted by Gasteiger charge is -2.37. The second-order valence-corrected chi connectivity index (χ2v) is 3.55. The lowest BCUT2D eigenvalue weighted by molar-refractivity contribution is -0.912. The van der Waals surface area contributed by atoms with Crippen LogP contribution in [0.1, 0.15) is 0 Å². The molecule has 0 radical (unpaired) electrons. The molecule has 1 aliphatic heterocycles. The molecular formula is C9H15IN2O.